The Labute approximate surface area is 140 Å². The fraction of sp³-hybridized carbons (Fsp3) is 0.150. The molecular formula is C20H18N2O2. The minimum atomic E-state index is 0.101. The predicted octanol–water partition coefficient (Wildman–Crippen LogP) is 3.99. The summed E-state index contributed by atoms with van der Waals surface area (Å²) in [5.74, 6) is 1.11. The summed E-state index contributed by atoms with van der Waals surface area (Å²) in [5.41, 5.74) is 6.03. The van der Waals surface area contributed by atoms with Crippen LogP contribution in [0.15, 0.2) is 65.8 Å². The van der Waals surface area contributed by atoms with Crippen molar-refractivity contribution in [3.63, 3.8) is 0 Å². The topological polar surface area (TPSA) is 53.9 Å². The van der Waals surface area contributed by atoms with E-state index in [4.69, 9.17) is 4.74 Å². The molecule has 4 nitrogen and oxygen atoms in total. The largest absolute Gasteiger partial charge is 0.507 e. The number of hydrogen-bond donors (Lipinski definition) is 2. The van der Waals surface area contributed by atoms with E-state index in [9.17, 15) is 5.11 Å². The molecular weight excluding hydrogens is 300 g/mol. The lowest BCUT2D eigenvalue weighted by Gasteiger charge is -2.12. The van der Waals surface area contributed by atoms with Gasteiger partial charge in [-0.3, -0.25) is 0 Å². The van der Waals surface area contributed by atoms with Crippen molar-refractivity contribution in [2.75, 3.05) is 7.11 Å². The minimum Gasteiger partial charge on any atom is -0.507 e. The van der Waals surface area contributed by atoms with E-state index < -0.39 is 0 Å². The number of nitrogens with one attached hydrogen (secondary N) is 1. The fourth-order valence-corrected chi connectivity index (χ4v) is 3.19. The SMILES string of the molecule is COc1ccc(C2CC(c3c(O)ccc4ccccc34)=NN2)cc1. The quantitative estimate of drug-likeness (QED) is 0.767. The molecule has 0 fully saturated rings. The third kappa shape index (κ3) is 2.46. The zero-order valence-corrected chi connectivity index (χ0v) is 13.4. The van der Waals surface area contributed by atoms with Gasteiger partial charge in [-0.2, -0.15) is 5.10 Å². The lowest BCUT2D eigenvalue weighted by molar-refractivity contribution is 0.414. The van der Waals surface area contributed by atoms with Gasteiger partial charge in [0.2, 0.25) is 0 Å². The van der Waals surface area contributed by atoms with Gasteiger partial charge >= 0.3 is 0 Å². The first-order valence-corrected chi connectivity index (χ1v) is 7.93. The van der Waals surface area contributed by atoms with Gasteiger partial charge in [-0.1, -0.05) is 42.5 Å². The molecule has 1 aliphatic rings. The average Bonchev–Trinajstić information content (AvgIpc) is 3.11. The van der Waals surface area contributed by atoms with Gasteiger partial charge in [-0.05, 0) is 34.5 Å². The van der Waals surface area contributed by atoms with E-state index in [0.29, 0.717) is 0 Å². The van der Waals surface area contributed by atoms with Crippen molar-refractivity contribution in [3.8, 4) is 11.5 Å². The summed E-state index contributed by atoms with van der Waals surface area (Å²) >= 11 is 0. The van der Waals surface area contributed by atoms with E-state index in [1.165, 1.54) is 0 Å². The van der Waals surface area contributed by atoms with E-state index in [0.717, 1.165) is 39.8 Å². The van der Waals surface area contributed by atoms with Crippen molar-refractivity contribution in [1.82, 2.24) is 5.43 Å². The molecule has 1 unspecified atom stereocenters. The van der Waals surface area contributed by atoms with Crippen LogP contribution in [0.3, 0.4) is 0 Å². The van der Waals surface area contributed by atoms with Crippen molar-refractivity contribution >= 4 is 16.5 Å². The molecule has 1 atom stereocenters. The van der Waals surface area contributed by atoms with Crippen molar-refractivity contribution in [2.45, 2.75) is 12.5 Å². The zero-order chi connectivity index (χ0) is 16.5. The maximum atomic E-state index is 10.4. The highest BCUT2D eigenvalue weighted by atomic mass is 16.5. The second kappa shape index (κ2) is 5.89. The second-order valence-corrected chi connectivity index (χ2v) is 5.90. The molecule has 24 heavy (non-hydrogen) atoms. The van der Waals surface area contributed by atoms with E-state index >= 15 is 0 Å². The highest BCUT2D eigenvalue weighted by Gasteiger charge is 2.24. The van der Waals surface area contributed by atoms with E-state index in [-0.39, 0.29) is 11.8 Å². The van der Waals surface area contributed by atoms with Crippen molar-refractivity contribution in [3.05, 3.63) is 71.8 Å². The van der Waals surface area contributed by atoms with Crippen molar-refractivity contribution < 1.29 is 9.84 Å². The number of rotatable bonds is 3. The first-order valence-electron chi connectivity index (χ1n) is 7.93. The Morgan fingerprint density at radius 1 is 1.04 bits per heavy atom. The molecule has 0 spiro atoms. The Bertz CT molecular complexity index is 917. The molecule has 0 amide bonds. The van der Waals surface area contributed by atoms with Gasteiger partial charge < -0.3 is 15.3 Å². The van der Waals surface area contributed by atoms with Crippen molar-refractivity contribution in [1.29, 1.82) is 0 Å². The van der Waals surface area contributed by atoms with Crippen LogP contribution in [0.4, 0.5) is 0 Å². The number of phenols is 1. The molecule has 3 aromatic carbocycles. The Balaban J connectivity index is 1.66. The lowest BCUT2D eigenvalue weighted by atomic mass is 9.94. The molecule has 0 aliphatic carbocycles. The highest BCUT2D eigenvalue weighted by molar-refractivity contribution is 6.13. The summed E-state index contributed by atoms with van der Waals surface area (Å²) in [7, 11) is 1.66. The van der Waals surface area contributed by atoms with Gasteiger partial charge in [-0.15, -0.1) is 0 Å². The van der Waals surface area contributed by atoms with Crippen LogP contribution in [0.5, 0.6) is 11.5 Å². The summed E-state index contributed by atoms with van der Waals surface area (Å²) in [6, 6.07) is 19.8. The molecule has 0 radical (unpaired) electrons. The van der Waals surface area contributed by atoms with Gasteiger partial charge in [0.25, 0.3) is 0 Å². The van der Waals surface area contributed by atoms with E-state index in [2.05, 4.69) is 10.5 Å². The number of fused-ring (bicyclic) bond motifs is 1. The number of nitrogens with zero attached hydrogens (tertiary/aromatic N) is 1. The van der Waals surface area contributed by atoms with Crippen LogP contribution in [-0.2, 0) is 0 Å². The molecule has 0 saturated heterocycles. The Hall–Kier alpha value is -3.01. The molecule has 4 rings (SSSR count). The molecule has 1 heterocycles. The number of benzene rings is 3. The first kappa shape index (κ1) is 14.6. The van der Waals surface area contributed by atoms with Gasteiger partial charge in [-0.25, -0.2) is 0 Å². The number of hydrogen-bond acceptors (Lipinski definition) is 4. The number of methoxy groups -OCH3 is 1. The third-order valence-electron chi connectivity index (χ3n) is 4.47. The van der Waals surface area contributed by atoms with E-state index in [1.54, 1.807) is 13.2 Å². The molecule has 0 saturated carbocycles. The van der Waals surface area contributed by atoms with Crippen LogP contribution in [0.1, 0.15) is 23.6 Å². The van der Waals surface area contributed by atoms with Crippen LogP contribution in [0.2, 0.25) is 0 Å². The van der Waals surface area contributed by atoms with E-state index in [1.807, 2.05) is 54.6 Å². The maximum Gasteiger partial charge on any atom is 0.125 e. The van der Waals surface area contributed by atoms with Gasteiger partial charge in [0.1, 0.15) is 11.5 Å². The molecule has 0 bridgehead atoms. The molecule has 1 aliphatic heterocycles. The standard InChI is InChI=1S/C20H18N2O2/c1-24-15-9-6-14(7-10-15)17-12-18(22-21-17)20-16-5-3-2-4-13(16)8-11-19(20)23/h2-11,17,21,23H,12H2,1H3. The third-order valence-corrected chi connectivity index (χ3v) is 4.47. The smallest absolute Gasteiger partial charge is 0.125 e. The summed E-state index contributed by atoms with van der Waals surface area (Å²) in [6.07, 6.45) is 0.730. The van der Waals surface area contributed by atoms with Gasteiger partial charge in [0.15, 0.2) is 0 Å². The normalized spacial score (nSPS) is 16.7. The summed E-state index contributed by atoms with van der Waals surface area (Å²) in [4.78, 5) is 0. The number of aromatic hydroxyl groups is 1. The van der Waals surface area contributed by atoms with Gasteiger partial charge in [0.05, 0.1) is 18.9 Å². The molecule has 3 aromatic rings. The monoisotopic (exact) mass is 318 g/mol. The van der Waals surface area contributed by atoms with Crippen LogP contribution in [0, 0.1) is 0 Å². The zero-order valence-electron chi connectivity index (χ0n) is 13.4. The number of phenolic OH excluding ortho intramolecular Hbond substituents is 1. The van der Waals surface area contributed by atoms with Crippen molar-refractivity contribution in [2.24, 2.45) is 5.10 Å². The Kier molecular flexibility index (Phi) is 3.58. The molecule has 2 N–H and O–H groups in total. The van der Waals surface area contributed by atoms with Crippen LogP contribution in [0.25, 0.3) is 10.8 Å². The lowest BCUT2D eigenvalue weighted by Crippen LogP contribution is -2.09. The predicted molar refractivity (Wildman–Crippen MR) is 95.6 cm³/mol. The van der Waals surface area contributed by atoms with Gasteiger partial charge in [0, 0.05) is 12.0 Å². The minimum absolute atomic E-state index is 0.101. The highest BCUT2D eigenvalue weighted by Crippen LogP contribution is 2.33. The Morgan fingerprint density at radius 2 is 1.83 bits per heavy atom. The molecule has 120 valence electrons. The number of ether oxygens (including phenoxy) is 1. The maximum absolute atomic E-state index is 10.4. The van der Waals surface area contributed by atoms with Crippen LogP contribution >= 0.6 is 0 Å². The molecule has 4 heteroatoms. The second-order valence-electron chi connectivity index (χ2n) is 5.90. The summed E-state index contributed by atoms with van der Waals surface area (Å²) < 4.78 is 5.20. The molecule has 0 aromatic heterocycles. The number of hydrazone groups is 1. The summed E-state index contributed by atoms with van der Waals surface area (Å²) in [5, 5.41) is 17.0. The Morgan fingerprint density at radius 3 is 2.62 bits per heavy atom. The average molecular weight is 318 g/mol. The fourth-order valence-electron chi connectivity index (χ4n) is 3.19. The van der Waals surface area contributed by atoms with Crippen LogP contribution < -0.4 is 10.2 Å². The summed E-state index contributed by atoms with van der Waals surface area (Å²) in [6.45, 7) is 0. The van der Waals surface area contributed by atoms with Crippen LogP contribution in [-0.4, -0.2) is 17.9 Å². The first-order chi connectivity index (χ1) is 11.8.